The largest absolute Gasteiger partial charge is 0.477 e. The fraction of sp³-hybridized carbons (Fsp3) is 0.476. The van der Waals surface area contributed by atoms with E-state index in [9.17, 15) is 0 Å². The van der Waals surface area contributed by atoms with E-state index in [0.29, 0.717) is 12.5 Å². The van der Waals surface area contributed by atoms with Crippen LogP contribution >= 0.6 is 0 Å². The summed E-state index contributed by atoms with van der Waals surface area (Å²) in [5.41, 5.74) is 3.14. The predicted molar refractivity (Wildman–Crippen MR) is 107 cm³/mol. The first-order valence-corrected chi connectivity index (χ1v) is 9.73. The molecule has 0 saturated heterocycles. The summed E-state index contributed by atoms with van der Waals surface area (Å²) in [5.74, 6) is 2.94. The molecule has 0 bridgehead atoms. The molecule has 6 nitrogen and oxygen atoms in total. The zero-order valence-electron chi connectivity index (χ0n) is 16.3. The van der Waals surface area contributed by atoms with Crippen LogP contribution in [0.5, 0.6) is 5.88 Å². The van der Waals surface area contributed by atoms with Gasteiger partial charge in [-0.1, -0.05) is 13.8 Å². The van der Waals surface area contributed by atoms with E-state index in [4.69, 9.17) is 9.84 Å². The van der Waals surface area contributed by atoms with Crippen molar-refractivity contribution in [1.29, 1.82) is 0 Å². The van der Waals surface area contributed by atoms with Crippen LogP contribution in [0.1, 0.15) is 37.8 Å². The van der Waals surface area contributed by atoms with Crippen LogP contribution in [0.15, 0.2) is 30.7 Å². The van der Waals surface area contributed by atoms with Gasteiger partial charge < -0.3 is 10.1 Å². The van der Waals surface area contributed by atoms with Crippen LogP contribution in [0.3, 0.4) is 0 Å². The molecule has 3 aromatic heterocycles. The van der Waals surface area contributed by atoms with Crippen molar-refractivity contribution in [1.82, 2.24) is 19.7 Å². The van der Waals surface area contributed by atoms with Gasteiger partial charge in [-0.25, -0.2) is 9.97 Å². The molecule has 3 heterocycles. The van der Waals surface area contributed by atoms with Crippen LogP contribution in [0.2, 0.25) is 0 Å². The topological polar surface area (TPSA) is 64.9 Å². The normalized spacial score (nSPS) is 14.1. The van der Waals surface area contributed by atoms with E-state index in [1.165, 1.54) is 12.8 Å². The Morgan fingerprint density at radius 1 is 1.30 bits per heavy atom. The van der Waals surface area contributed by atoms with Gasteiger partial charge in [0, 0.05) is 30.7 Å². The lowest BCUT2D eigenvalue weighted by Gasteiger charge is -2.09. The number of fused-ring (bicyclic) bond motifs is 1. The molecular formula is C21H27N5O. The minimum absolute atomic E-state index is 0.562. The molecule has 1 aliphatic rings. The third-order valence-electron chi connectivity index (χ3n) is 4.74. The van der Waals surface area contributed by atoms with Gasteiger partial charge in [-0.15, -0.1) is 0 Å². The SMILES string of the molecule is Cc1cc(Cn2cc3c(NCC(C)C)nccc3n2)cnc1OCC1CC1. The quantitative estimate of drug-likeness (QED) is 0.653. The summed E-state index contributed by atoms with van der Waals surface area (Å²) >= 11 is 0. The Morgan fingerprint density at radius 3 is 2.89 bits per heavy atom. The summed E-state index contributed by atoms with van der Waals surface area (Å²) in [6.07, 6.45) is 8.31. The number of aryl methyl sites for hydroxylation is 1. The number of nitrogens with zero attached hydrogens (tertiary/aromatic N) is 4. The van der Waals surface area contributed by atoms with Crippen molar-refractivity contribution < 1.29 is 4.74 Å². The van der Waals surface area contributed by atoms with E-state index in [-0.39, 0.29) is 0 Å². The van der Waals surface area contributed by atoms with Crippen LogP contribution in [0.25, 0.3) is 10.9 Å². The molecule has 0 aromatic carbocycles. The minimum atomic E-state index is 0.562. The fourth-order valence-corrected chi connectivity index (χ4v) is 3.04. The maximum Gasteiger partial charge on any atom is 0.216 e. The van der Waals surface area contributed by atoms with Crippen molar-refractivity contribution in [3.63, 3.8) is 0 Å². The highest BCUT2D eigenvalue weighted by Gasteiger charge is 2.22. The Balaban J connectivity index is 1.49. The summed E-state index contributed by atoms with van der Waals surface area (Å²) in [7, 11) is 0. The number of pyridine rings is 2. The molecule has 1 saturated carbocycles. The molecule has 142 valence electrons. The molecule has 0 amide bonds. The highest BCUT2D eigenvalue weighted by atomic mass is 16.5. The number of aromatic nitrogens is 4. The second-order valence-corrected chi connectivity index (χ2v) is 7.91. The van der Waals surface area contributed by atoms with Gasteiger partial charge in [0.05, 0.1) is 24.1 Å². The third-order valence-corrected chi connectivity index (χ3v) is 4.74. The van der Waals surface area contributed by atoms with Gasteiger partial charge in [0.2, 0.25) is 5.88 Å². The van der Waals surface area contributed by atoms with Crippen molar-refractivity contribution in [3.8, 4) is 5.88 Å². The van der Waals surface area contributed by atoms with Crippen LogP contribution in [-0.2, 0) is 6.54 Å². The maximum atomic E-state index is 5.83. The lowest BCUT2D eigenvalue weighted by Crippen LogP contribution is -2.09. The Bertz CT molecular complexity index is 929. The Hall–Kier alpha value is -2.63. The first-order valence-electron chi connectivity index (χ1n) is 9.73. The summed E-state index contributed by atoms with van der Waals surface area (Å²) < 4.78 is 7.78. The summed E-state index contributed by atoms with van der Waals surface area (Å²) in [4.78, 5) is 8.98. The molecule has 1 fully saturated rings. The van der Waals surface area contributed by atoms with E-state index >= 15 is 0 Å². The van der Waals surface area contributed by atoms with Gasteiger partial charge in [-0.2, -0.15) is 5.10 Å². The zero-order valence-corrected chi connectivity index (χ0v) is 16.3. The number of anilines is 1. The molecule has 4 rings (SSSR count). The first-order chi connectivity index (χ1) is 13.1. The molecule has 6 heteroatoms. The number of hydrogen-bond acceptors (Lipinski definition) is 5. The zero-order chi connectivity index (χ0) is 18.8. The van der Waals surface area contributed by atoms with Crippen molar-refractivity contribution in [3.05, 3.63) is 41.9 Å². The first kappa shape index (κ1) is 17.8. The maximum absolute atomic E-state index is 5.83. The van der Waals surface area contributed by atoms with Crippen molar-refractivity contribution in [2.24, 2.45) is 11.8 Å². The third kappa shape index (κ3) is 4.38. The van der Waals surface area contributed by atoms with Gasteiger partial charge in [-0.3, -0.25) is 4.68 Å². The molecule has 1 N–H and O–H groups in total. The molecule has 0 aliphatic heterocycles. The van der Waals surface area contributed by atoms with Gasteiger partial charge >= 0.3 is 0 Å². The van der Waals surface area contributed by atoms with E-state index < -0.39 is 0 Å². The van der Waals surface area contributed by atoms with Gasteiger partial charge in [0.15, 0.2) is 0 Å². The Kier molecular flexibility index (Phi) is 4.97. The Labute approximate surface area is 160 Å². The lowest BCUT2D eigenvalue weighted by molar-refractivity contribution is 0.286. The van der Waals surface area contributed by atoms with Gasteiger partial charge in [0.25, 0.3) is 0 Å². The highest BCUT2D eigenvalue weighted by molar-refractivity contribution is 5.88. The molecule has 3 aromatic rings. The summed E-state index contributed by atoms with van der Waals surface area (Å²) in [5, 5.41) is 9.16. The molecule has 0 spiro atoms. The van der Waals surface area contributed by atoms with E-state index in [1.807, 2.05) is 16.9 Å². The predicted octanol–water partition coefficient (Wildman–Crippen LogP) is 4.04. The molecule has 1 aliphatic carbocycles. The average Bonchev–Trinajstić information content (AvgIpc) is 3.37. The Morgan fingerprint density at radius 2 is 2.15 bits per heavy atom. The number of hydrogen-bond donors (Lipinski definition) is 1. The second kappa shape index (κ2) is 7.55. The molecular weight excluding hydrogens is 338 g/mol. The van der Waals surface area contributed by atoms with Gasteiger partial charge in [-0.05, 0) is 49.3 Å². The molecule has 0 atom stereocenters. The average molecular weight is 365 g/mol. The standard InChI is InChI=1S/C21H27N5O/c1-14(2)9-23-20-18-12-26(25-19(18)6-7-22-20)11-17-8-15(3)21(24-10-17)27-13-16-4-5-16/h6-8,10,12,14,16H,4-5,9,11,13H2,1-3H3,(H,22,23). The lowest BCUT2D eigenvalue weighted by atomic mass is 10.2. The monoisotopic (exact) mass is 365 g/mol. The number of nitrogens with one attached hydrogen (secondary N) is 1. The van der Waals surface area contributed by atoms with Crippen LogP contribution in [-0.4, -0.2) is 32.9 Å². The van der Waals surface area contributed by atoms with Crippen LogP contribution in [0, 0.1) is 18.8 Å². The summed E-state index contributed by atoms with van der Waals surface area (Å²) in [6, 6.07) is 4.09. The molecule has 0 unspecified atom stereocenters. The number of ether oxygens (including phenoxy) is 1. The van der Waals surface area contributed by atoms with Crippen molar-refractivity contribution >= 4 is 16.7 Å². The smallest absolute Gasteiger partial charge is 0.216 e. The molecule has 0 radical (unpaired) electrons. The highest BCUT2D eigenvalue weighted by Crippen LogP contribution is 2.30. The van der Waals surface area contributed by atoms with Crippen LogP contribution < -0.4 is 10.1 Å². The van der Waals surface area contributed by atoms with Gasteiger partial charge in [0.1, 0.15) is 5.82 Å². The van der Waals surface area contributed by atoms with Crippen LogP contribution in [0.4, 0.5) is 5.82 Å². The second-order valence-electron chi connectivity index (χ2n) is 7.91. The van der Waals surface area contributed by atoms with E-state index in [1.54, 1.807) is 6.20 Å². The fourth-order valence-electron chi connectivity index (χ4n) is 3.04. The van der Waals surface area contributed by atoms with Crippen molar-refractivity contribution in [2.45, 2.75) is 40.2 Å². The van der Waals surface area contributed by atoms with E-state index in [2.05, 4.69) is 48.3 Å². The van der Waals surface area contributed by atoms with E-state index in [0.717, 1.165) is 52.8 Å². The summed E-state index contributed by atoms with van der Waals surface area (Å²) in [6.45, 7) is 8.78. The number of rotatable bonds is 8. The minimum Gasteiger partial charge on any atom is -0.477 e. The molecule has 27 heavy (non-hydrogen) atoms. The van der Waals surface area contributed by atoms with Crippen molar-refractivity contribution in [2.75, 3.05) is 18.5 Å².